The Labute approximate surface area is 107 Å². The van der Waals surface area contributed by atoms with Gasteiger partial charge in [0.2, 0.25) is 0 Å². The van der Waals surface area contributed by atoms with E-state index in [9.17, 15) is 0 Å². The van der Waals surface area contributed by atoms with E-state index in [-0.39, 0.29) is 4.29 Å². The largest absolute Gasteiger partial charge is 0.127 e. The quantitative estimate of drug-likeness (QED) is 0.359. The van der Waals surface area contributed by atoms with Gasteiger partial charge in [-0.3, -0.25) is 0 Å². The first-order valence-electron chi connectivity index (χ1n) is 5.61. The van der Waals surface area contributed by atoms with Crippen LogP contribution in [0.2, 0.25) is 0 Å². The molecular weight excluding hydrogens is 283 g/mol. The average molecular weight is 304 g/mol. The van der Waals surface area contributed by atoms with Gasteiger partial charge in [0, 0.05) is 5.88 Å². The highest BCUT2D eigenvalue weighted by molar-refractivity contribution is 9.10. The summed E-state index contributed by atoms with van der Waals surface area (Å²) in [7, 11) is 0. The summed E-state index contributed by atoms with van der Waals surface area (Å²) < 4.78 is 0.172. The third-order valence-corrected chi connectivity index (χ3v) is 3.25. The van der Waals surface area contributed by atoms with E-state index in [0.29, 0.717) is 0 Å². The highest BCUT2D eigenvalue weighted by Gasteiger charge is 1.97. The molecule has 0 aliphatic heterocycles. The summed E-state index contributed by atoms with van der Waals surface area (Å²) >= 11 is 14.7. The third-order valence-electron chi connectivity index (χ3n) is 2.31. The Morgan fingerprint density at radius 3 is 1.64 bits per heavy atom. The second-order valence-corrected chi connectivity index (χ2v) is 6.23. The second-order valence-electron chi connectivity index (χ2n) is 3.70. The lowest BCUT2D eigenvalue weighted by molar-refractivity contribution is 0.572. The first-order chi connectivity index (χ1) is 6.77. The summed E-state index contributed by atoms with van der Waals surface area (Å²) in [6, 6.07) is 0. The Bertz CT molecular complexity index is 107. The smallest absolute Gasteiger partial charge is 0.0886 e. The molecule has 0 fully saturated rings. The van der Waals surface area contributed by atoms with Crippen LogP contribution in [0.3, 0.4) is 0 Å². The monoisotopic (exact) mass is 302 g/mol. The lowest BCUT2D eigenvalue weighted by atomic mass is 10.1. The molecule has 14 heavy (non-hydrogen) atoms. The molecule has 0 rings (SSSR count). The summed E-state index contributed by atoms with van der Waals surface area (Å²) in [4.78, 5) is 0. The molecular formula is C11H21BrCl2. The van der Waals surface area contributed by atoms with Gasteiger partial charge in [-0.1, -0.05) is 60.9 Å². The SMILES string of the molecule is ClCCCCCCCCCCC(Cl)Br. The second kappa shape index (κ2) is 12.1. The summed E-state index contributed by atoms with van der Waals surface area (Å²) in [5.74, 6) is 0.822. The predicted molar refractivity (Wildman–Crippen MR) is 70.8 cm³/mol. The molecule has 0 aliphatic carbocycles. The molecule has 0 saturated heterocycles. The van der Waals surface area contributed by atoms with Gasteiger partial charge in [-0.05, 0) is 12.8 Å². The lowest BCUT2D eigenvalue weighted by Gasteiger charge is -2.02. The van der Waals surface area contributed by atoms with E-state index in [1.807, 2.05) is 0 Å². The van der Waals surface area contributed by atoms with Crippen molar-refractivity contribution in [2.45, 2.75) is 62.1 Å². The summed E-state index contributed by atoms with van der Waals surface area (Å²) in [6.45, 7) is 0. The van der Waals surface area contributed by atoms with E-state index in [0.717, 1.165) is 12.3 Å². The molecule has 1 unspecified atom stereocenters. The van der Waals surface area contributed by atoms with Crippen LogP contribution in [0, 0.1) is 0 Å². The average Bonchev–Trinajstić information content (AvgIpc) is 2.15. The number of hydrogen-bond donors (Lipinski definition) is 0. The zero-order valence-corrected chi connectivity index (χ0v) is 11.9. The van der Waals surface area contributed by atoms with Crippen LogP contribution in [0.15, 0.2) is 0 Å². The molecule has 86 valence electrons. The number of rotatable bonds is 10. The molecule has 1 atom stereocenters. The predicted octanol–water partition coefficient (Wildman–Crippen LogP) is 5.70. The van der Waals surface area contributed by atoms with Crippen LogP contribution >= 0.6 is 39.1 Å². The fourth-order valence-corrected chi connectivity index (χ4v) is 2.12. The Hall–Kier alpha value is 1.06. The van der Waals surface area contributed by atoms with Gasteiger partial charge in [0.15, 0.2) is 0 Å². The van der Waals surface area contributed by atoms with Crippen molar-refractivity contribution in [2.75, 3.05) is 5.88 Å². The van der Waals surface area contributed by atoms with E-state index in [1.165, 1.54) is 51.4 Å². The molecule has 0 aliphatic rings. The Balaban J connectivity index is 2.85. The highest BCUT2D eigenvalue weighted by atomic mass is 79.9. The van der Waals surface area contributed by atoms with Gasteiger partial charge in [0.05, 0.1) is 4.29 Å². The van der Waals surface area contributed by atoms with E-state index in [2.05, 4.69) is 15.9 Å². The van der Waals surface area contributed by atoms with E-state index < -0.39 is 0 Å². The van der Waals surface area contributed by atoms with Gasteiger partial charge in [-0.15, -0.1) is 23.2 Å². The molecule has 0 N–H and O–H groups in total. The van der Waals surface area contributed by atoms with Gasteiger partial charge in [0.25, 0.3) is 0 Å². The van der Waals surface area contributed by atoms with Crippen molar-refractivity contribution in [1.82, 2.24) is 0 Å². The van der Waals surface area contributed by atoms with Crippen molar-refractivity contribution < 1.29 is 0 Å². The normalized spacial score (nSPS) is 13.1. The molecule has 3 heteroatoms. The van der Waals surface area contributed by atoms with Gasteiger partial charge in [0.1, 0.15) is 0 Å². The van der Waals surface area contributed by atoms with Crippen LogP contribution in [-0.2, 0) is 0 Å². The first-order valence-corrected chi connectivity index (χ1v) is 7.50. The van der Waals surface area contributed by atoms with Crippen molar-refractivity contribution in [1.29, 1.82) is 0 Å². The van der Waals surface area contributed by atoms with Crippen LogP contribution in [0.1, 0.15) is 57.8 Å². The zero-order valence-electron chi connectivity index (χ0n) is 8.78. The molecule has 0 spiro atoms. The molecule has 0 saturated carbocycles. The summed E-state index contributed by atoms with van der Waals surface area (Å²) in [5.41, 5.74) is 0. The molecule has 0 aromatic rings. The van der Waals surface area contributed by atoms with Crippen molar-refractivity contribution >= 4 is 39.1 Å². The van der Waals surface area contributed by atoms with Crippen molar-refractivity contribution in [2.24, 2.45) is 0 Å². The fourth-order valence-electron chi connectivity index (χ4n) is 1.45. The number of unbranched alkanes of at least 4 members (excludes halogenated alkanes) is 7. The molecule has 0 aromatic heterocycles. The van der Waals surface area contributed by atoms with Crippen molar-refractivity contribution in [3.8, 4) is 0 Å². The number of hydrogen-bond acceptors (Lipinski definition) is 0. The summed E-state index contributed by atoms with van der Waals surface area (Å²) in [5, 5.41) is 0. The minimum atomic E-state index is 0.172. The third kappa shape index (κ3) is 13.1. The molecule has 0 amide bonds. The van der Waals surface area contributed by atoms with Crippen molar-refractivity contribution in [3.05, 3.63) is 0 Å². The van der Waals surface area contributed by atoms with Gasteiger partial charge < -0.3 is 0 Å². The number of alkyl halides is 3. The van der Waals surface area contributed by atoms with E-state index >= 15 is 0 Å². The Kier molecular flexibility index (Phi) is 13.0. The number of halogens is 3. The minimum absolute atomic E-state index is 0.172. The topological polar surface area (TPSA) is 0 Å². The maximum atomic E-state index is 5.78. The first kappa shape index (κ1) is 15.1. The Morgan fingerprint density at radius 1 is 0.786 bits per heavy atom. The van der Waals surface area contributed by atoms with Crippen LogP contribution in [0.25, 0.3) is 0 Å². The van der Waals surface area contributed by atoms with Crippen LogP contribution in [-0.4, -0.2) is 10.2 Å². The van der Waals surface area contributed by atoms with Crippen LogP contribution < -0.4 is 0 Å². The fraction of sp³-hybridized carbons (Fsp3) is 1.00. The molecule has 0 heterocycles. The minimum Gasteiger partial charge on any atom is -0.127 e. The molecule has 0 bridgehead atoms. The Morgan fingerprint density at radius 2 is 1.21 bits per heavy atom. The van der Waals surface area contributed by atoms with Gasteiger partial charge >= 0.3 is 0 Å². The molecule has 0 aromatic carbocycles. The van der Waals surface area contributed by atoms with E-state index in [4.69, 9.17) is 23.2 Å². The van der Waals surface area contributed by atoms with E-state index in [1.54, 1.807) is 0 Å². The maximum absolute atomic E-state index is 5.78. The molecule has 0 nitrogen and oxygen atoms in total. The van der Waals surface area contributed by atoms with Crippen LogP contribution in [0.4, 0.5) is 0 Å². The van der Waals surface area contributed by atoms with Gasteiger partial charge in [-0.25, -0.2) is 0 Å². The maximum Gasteiger partial charge on any atom is 0.0886 e. The summed E-state index contributed by atoms with van der Waals surface area (Å²) in [6.07, 6.45) is 11.6. The standard InChI is InChI=1S/C11H21BrCl2/c12-11(14)9-7-5-3-1-2-4-6-8-10-13/h11H,1-10H2. The zero-order chi connectivity index (χ0) is 10.6. The molecule has 0 radical (unpaired) electrons. The van der Waals surface area contributed by atoms with Gasteiger partial charge in [-0.2, -0.15) is 0 Å². The lowest BCUT2D eigenvalue weighted by Crippen LogP contribution is -1.86. The highest BCUT2D eigenvalue weighted by Crippen LogP contribution is 2.16. The van der Waals surface area contributed by atoms with Crippen molar-refractivity contribution in [3.63, 3.8) is 0 Å². The van der Waals surface area contributed by atoms with Crippen LogP contribution in [0.5, 0.6) is 0 Å².